The fraction of sp³-hybridized carbons (Fsp3) is 0.250. The highest BCUT2D eigenvalue weighted by molar-refractivity contribution is 7.99. The minimum absolute atomic E-state index is 0.469. The van der Waals surface area contributed by atoms with Crippen LogP contribution in [0.1, 0.15) is 0 Å². The van der Waals surface area contributed by atoms with Crippen molar-refractivity contribution in [2.45, 2.75) is 9.79 Å². The Hall–Kier alpha value is -0.190. The Labute approximate surface area is 91.4 Å². The highest BCUT2D eigenvalue weighted by atomic mass is 35.5. The number of thioether (sulfide) groups is 2. The third kappa shape index (κ3) is 2.00. The molecule has 1 aromatic rings. The molecule has 1 rings (SSSR count). The van der Waals surface area contributed by atoms with Crippen molar-refractivity contribution in [3.8, 4) is 0 Å². The Morgan fingerprint density at radius 2 is 1.46 bits per heavy atom. The molecular weight excluding hydrogens is 224 g/mol. The number of nitrogens with two attached hydrogens (primary N) is 2. The lowest BCUT2D eigenvalue weighted by molar-refractivity contribution is 1.35. The summed E-state index contributed by atoms with van der Waals surface area (Å²) in [5.74, 6) is 0. The summed E-state index contributed by atoms with van der Waals surface area (Å²) >= 11 is 9.11. The minimum atomic E-state index is 0.469. The van der Waals surface area contributed by atoms with Gasteiger partial charge in [-0.25, -0.2) is 0 Å². The third-order valence-electron chi connectivity index (χ3n) is 1.71. The van der Waals surface area contributed by atoms with Crippen LogP contribution in [0.3, 0.4) is 0 Å². The van der Waals surface area contributed by atoms with Crippen LogP contribution in [0.2, 0.25) is 5.02 Å². The van der Waals surface area contributed by atoms with Gasteiger partial charge in [0.15, 0.2) is 0 Å². The predicted octanol–water partition coefficient (Wildman–Crippen LogP) is 2.95. The molecule has 72 valence electrons. The summed E-state index contributed by atoms with van der Waals surface area (Å²) in [5, 5.41) is 0.469. The monoisotopic (exact) mass is 234 g/mol. The Morgan fingerprint density at radius 1 is 1.08 bits per heavy atom. The molecule has 0 spiro atoms. The van der Waals surface area contributed by atoms with Gasteiger partial charge in [-0.2, -0.15) is 0 Å². The largest absolute Gasteiger partial charge is 0.397 e. The second-order valence-electron chi connectivity index (χ2n) is 2.42. The highest BCUT2D eigenvalue weighted by Crippen LogP contribution is 2.39. The van der Waals surface area contributed by atoms with E-state index in [-0.39, 0.29) is 0 Å². The summed E-state index contributed by atoms with van der Waals surface area (Å²) in [6.45, 7) is 0. The maximum Gasteiger partial charge on any atom is 0.0887 e. The van der Waals surface area contributed by atoms with E-state index in [1.807, 2.05) is 18.6 Å². The van der Waals surface area contributed by atoms with Gasteiger partial charge in [0.05, 0.1) is 16.4 Å². The fourth-order valence-electron chi connectivity index (χ4n) is 0.974. The van der Waals surface area contributed by atoms with Crippen molar-refractivity contribution in [3.05, 3.63) is 11.1 Å². The van der Waals surface area contributed by atoms with Gasteiger partial charge in [-0.3, -0.25) is 0 Å². The Balaban J connectivity index is 3.36. The zero-order chi connectivity index (χ0) is 10.0. The van der Waals surface area contributed by atoms with Gasteiger partial charge in [-0.15, -0.1) is 23.5 Å². The van der Waals surface area contributed by atoms with E-state index in [2.05, 4.69) is 0 Å². The van der Waals surface area contributed by atoms with E-state index in [4.69, 9.17) is 23.1 Å². The molecule has 0 saturated heterocycles. The van der Waals surface area contributed by atoms with Crippen molar-refractivity contribution < 1.29 is 0 Å². The Morgan fingerprint density at radius 3 is 1.77 bits per heavy atom. The second kappa shape index (κ2) is 4.35. The first-order chi connectivity index (χ1) is 6.11. The maximum absolute atomic E-state index is 5.97. The minimum Gasteiger partial charge on any atom is -0.397 e. The van der Waals surface area contributed by atoms with Gasteiger partial charge < -0.3 is 11.5 Å². The molecule has 5 heteroatoms. The highest BCUT2D eigenvalue weighted by Gasteiger charge is 2.10. The van der Waals surface area contributed by atoms with Gasteiger partial charge in [0, 0.05) is 9.79 Å². The topological polar surface area (TPSA) is 52.0 Å². The molecule has 0 amide bonds. The Kier molecular flexibility index (Phi) is 3.64. The summed E-state index contributed by atoms with van der Waals surface area (Å²) in [5.41, 5.74) is 12.7. The van der Waals surface area contributed by atoms with Crippen LogP contribution < -0.4 is 11.5 Å². The molecule has 0 bridgehead atoms. The van der Waals surface area contributed by atoms with Crippen molar-refractivity contribution in [3.63, 3.8) is 0 Å². The number of halogens is 1. The molecule has 0 aliphatic carbocycles. The summed E-state index contributed by atoms with van der Waals surface area (Å²) in [6, 6.07) is 1.96. The Bertz CT molecular complexity index is 300. The van der Waals surface area contributed by atoms with Crippen LogP contribution in [-0.2, 0) is 0 Å². The van der Waals surface area contributed by atoms with Gasteiger partial charge >= 0.3 is 0 Å². The average Bonchev–Trinajstić information content (AvgIpc) is 2.15. The molecule has 4 N–H and O–H groups in total. The SMILES string of the molecule is CSc1cc(SC)c(N)c(Cl)c1N. The van der Waals surface area contributed by atoms with E-state index in [0.717, 1.165) is 9.79 Å². The summed E-state index contributed by atoms with van der Waals surface area (Å²) in [7, 11) is 0. The molecule has 13 heavy (non-hydrogen) atoms. The zero-order valence-corrected chi connectivity index (χ0v) is 9.82. The van der Waals surface area contributed by atoms with Crippen LogP contribution in [0, 0.1) is 0 Å². The first-order valence-corrected chi connectivity index (χ1v) is 6.40. The summed E-state index contributed by atoms with van der Waals surface area (Å²) in [6.07, 6.45) is 3.92. The lowest BCUT2D eigenvalue weighted by Gasteiger charge is -2.10. The number of rotatable bonds is 2. The normalized spacial score (nSPS) is 10.4. The lowest BCUT2D eigenvalue weighted by Crippen LogP contribution is -1.97. The van der Waals surface area contributed by atoms with Crippen LogP contribution in [0.5, 0.6) is 0 Å². The van der Waals surface area contributed by atoms with E-state index >= 15 is 0 Å². The smallest absolute Gasteiger partial charge is 0.0887 e. The van der Waals surface area contributed by atoms with Crippen LogP contribution in [-0.4, -0.2) is 12.5 Å². The molecule has 0 aromatic heterocycles. The maximum atomic E-state index is 5.97. The first kappa shape index (κ1) is 10.9. The first-order valence-electron chi connectivity index (χ1n) is 3.57. The zero-order valence-electron chi connectivity index (χ0n) is 7.43. The molecule has 0 heterocycles. The summed E-state index contributed by atoms with van der Waals surface area (Å²) in [4.78, 5) is 1.95. The molecule has 0 saturated carbocycles. The molecular formula is C8H11ClN2S2. The third-order valence-corrected chi connectivity index (χ3v) is 3.67. The lowest BCUT2D eigenvalue weighted by atomic mass is 10.3. The number of benzene rings is 1. The van der Waals surface area contributed by atoms with E-state index in [1.165, 1.54) is 0 Å². The molecule has 0 atom stereocenters. The van der Waals surface area contributed by atoms with Crippen molar-refractivity contribution in [2.75, 3.05) is 24.0 Å². The predicted molar refractivity (Wildman–Crippen MR) is 63.8 cm³/mol. The van der Waals surface area contributed by atoms with Crippen molar-refractivity contribution >= 4 is 46.5 Å². The van der Waals surface area contributed by atoms with E-state index < -0.39 is 0 Å². The van der Waals surface area contributed by atoms with E-state index in [9.17, 15) is 0 Å². The molecule has 0 unspecified atom stereocenters. The quantitative estimate of drug-likeness (QED) is 0.610. The average molecular weight is 235 g/mol. The van der Waals surface area contributed by atoms with Gasteiger partial charge in [0.25, 0.3) is 0 Å². The number of anilines is 2. The molecule has 0 aliphatic heterocycles. The summed E-state index contributed by atoms with van der Waals surface area (Å²) < 4.78 is 0. The molecule has 0 fully saturated rings. The van der Waals surface area contributed by atoms with Crippen LogP contribution in [0.4, 0.5) is 11.4 Å². The molecule has 2 nitrogen and oxygen atoms in total. The number of nitrogen functional groups attached to an aromatic ring is 2. The molecule has 1 aromatic carbocycles. The fourth-order valence-corrected chi connectivity index (χ4v) is 2.48. The molecule has 0 radical (unpaired) electrons. The molecule has 0 aliphatic rings. The van der Waals surface area contributed by atoms with E-state index in [0.29, 0.717) is 16.4 Å². The van der Waals surface area contributed by atoms with E-state index in [1.54, 1.807) is 23.5 Å². The van der Waals surface area contributed by atoms with Gasteiger partial charge in [-0.05, 0) is 18.6 Å². The van der Waals surface area contributed by atoms with Gasteiger partial charge in [0.1, 0.15) is 0 Å². The van der Waals surface area contributed by atoms with Crippen LogP contribution in [0.15, 0.2) is 15.9 Å². The van der Waals surface area contributed by atoms with Crippen LogP contribution in [0.25, 0.3) is 0 Å². The standard InChI is InChI=1S/C8H11ClN2S2/c1-12-4-3-5(13-2)8(11)6(9)7(4)10/h3H,10-11H2,1-2H3. The second-order valence-corrected chi connectivity index (χ2v) is 4.50. The number of hydrogen-bond donors (Lipinski definition) is 2. The number of hydrogen-bond acceptors (Lipinski definition) is 4. The van der Waals surface area contributed by atoms with Crippen molar-refractivity contribution in [1.29, 1.82) is 0 Å². The van der Waals surface area contributed by atoms with Crippen LogP contribution >= 0.6 is 35.1 Å². The van der Waals surface area contributed by atoms with Gasteiger partial charge in [0.2, 0.25) is 0 Å². The van der Waals surface area contributed by atoms with Gasteiger partial charge in [-0.1, -0.05) is 11.6 Å². The van der Waals surface area contributed by atoms with Crippen molar-refractivity contribution in [1.82, 2.24) is 0 Å². The van der Waals surface area contributed by atoms with Crippen molar-refractivity contribution in [2.24, 2.45) is 0 Å².